The zero-order valence-corrected chi connectivity index (χ0v) is 17.6. The molecule has 8 nitrogen and oxygen atoms in total. The number of hydrogen-bond acceptors (Lipinski definition) is 5. The number of ether oxygens (including phenoxy) is 2. The average molecular weight is 443 g/mol. The summed E-state index contributed by atoms with van der Waals surface area (Å²) in [6.45, 7) is 1.84. The Balaban J connectivity index is 1.27. The number of likely N-dealkylation sites (tertiary alicyclic amines) is 1. The summed E-state index contributed by atoms with van der Waals surface area (Å²) in [4.78, 5) is 29.6. The Labute approximate surface area is 184 Å². The highest BCUT2D eigenvalue weighted by atomic mass is 35.5. The van der Waals surface area contributed by atoms with Gasteiger partial charge in [-0.05, 0) is 43.0 Å². The molecule has 1 aliphatic heterocycles. The predicted molar refractivity (Wildman–Crippen MR) is 116 cm³/mol. The van der Waals surface area contributed by atoms with Gasteiger partial charge in [0.2, 0.25) is 5.91 Å². The molecule has 1 fully saturated rings. The van der Waals surface area contributed by atoms with Crippen LogP contribution in [0.3, 0.4) is 0 Å². The van der Waals surface area contributed by atoms with Crippen molar-refractivity contribution in [1.29, 1.82) is 0 Å². The lowest BCUT2D eigenvalue weighted by molar-refractivity contribution is -0.118. The number of rotatable bonds is 6. The van der Waals surface area contributed by atoms with Crippen LogP contribution in [0.25, 0.3) is 11.0 Å². The molecular weight excluding hydrogens is 420 g/mol. The molecule has 0 radical (unpaired) electrons. The van der Waals surface area contributed by atoms with Crippen LogP contribution in [-0.2, 0) is 11.3 Å². The molecule has 1 aromatic carbocycles. The number of benzene rings is 1. The lowest BCUT2D eigenvalue weighted by Gasteiger charge is -2.31. The molecule has 1 aliphatic rings. The molecule has 4 rings (SSSR count). The molecule has 162 valence electrons. The fourth-order valence-corrected chi connectivity index (χ4v) is 3.79. The van der Waals surface area contributed by atoms with E-state index in [0.717, 1.165) is 18.2 Å². The largest absolute Gasteiger partial charge is 0.492 e. The molecule has 1 saturated heterocycles. The second kappa shape index (κ2) is 9.26. The molecule has 0 unspecified atom stereocenters. The molecule has 2 N–H and O–H groups in total. The van der Waals surface area contributed by atoms with Gasteiger partial charge in [0.25, 0.3) is 0 Å². The Bertz CT molecular complexity index is 1090. The molecular formula is C22H23ClN4O4. The standard InChI is InChI=1S/C22H23ClN4O4/c23-18-3-1-2-4-19(18)31-22(29)26-8-5-15(6-9-26)14-30-17-11-16-7-10-27(13-20(24)28)21(16)25-12-17/h1-4,7,10-12,15H,5-6,8-9,13-14H2,(H2,24,28). The smallest absolute Gasteiger partial charge is 0.415 e. The van der Waals surface area contributed by atoms with E-state index in [2.05, 4.69) is 4.98 Å². The number of fused-ring (bicyclic) bond motifs is 1. The fourth-order valence-electron chi connectivity index (χ4n) is 3.61. The van der Waals surface area contributed by atoms with Crippen molar-refractivity contribution >= 4 is 34.6 Å². The SMILES string of the molecule is NC(=O)Cn1ccc2cc(OCC3CCN(C(=O)Oc4ccccc4Cl)CC3)cnc21. The normalized spacial score (nSPS) is 14.5. The van der Waals surface area contributed by atoms with Crippen LogP contribution in [0.2, 0.25) is 5.02 Å². The predicted octanol–water partition coefficient (Wildman–Crippen LogP) is 3.46. The first-order valence-corrected chi connectivity index (χ1v) is 10.4. The van der Waals surface area contributed by atoms with Crippen molar-refractivity contribution in [3.05, 3.63) is 53.8 Å². The second-order valence-electron chi connectivity index (χ2n) is 7.53. The number of amides is 2. The summed E-state index contributed by atoms with van der Waals surface area (Å²) in [6, 6.07) is 10.7. The van der Waals surface area contributed by atoms with Crippen LogP contribution in [0.1, 0.15) is 12.8 Å². The first kappa shape index (κ1) is 21.0. The van der Waals surface area contributed by atoms with Gasteiger partial charge >= 0.3 is 6.09 Å². The van der Waals surface area contributed by atoms with Gasteiger partial charge in [-0.25, -0.2) is 9.78 Å². The van der Waals surface area contributed by atoms with Crippen LogP contribution in [0, 0.1) is 5.92 Å². The maximum absolute atomic E-state index is 12.4. The number of carbonyl (C=O) groups is 2. The van der Waals surface area contributed by atoms with E-state index < -0.39 is 5.91 Å². The van der Waals surface area contributed by atoms with Gasteiger partial charge in [0.1, 0.15) is 17.9 Å². The molecule has 0 spiro atoms. The van der Waals surface area contributed by atoms with Gasteiger partial charge in [-0.2, -0.15) is 0 Å². The highest BCUT2D eigenvalue weighted by Gasteiger charge is 2.25. The summed E-state index contributed by atoms with van der Waals surface area (Å²) < 4.78 is 13.0. The summed E-state index contributed by atoms with van der Waals surface area (Å²) in [5, 5.41) is 1.30. The molecule has 0 atom stereocenters. The zero-order chi connectivity index (χ0) is 21.8. The maximum Gasteiger partial charge on any atom is 0.415 e. The monoisotopic (exact) mass is 442 g/mol. The lowest BCUT2D eigenvalue weighted by Crippen LogP contribution is -2.41. The number of carbonyl (C=O) groups excluding carboxylic acids is 2. The van der Waals surface area contributed by atoms with Gasteiger partial charge in [0.15, 0.2) is 5.75 Å². The summed E-state index contributed by atoms with van der Waals surface area (Å²) in [7, 11) is 0. The number of pyridine rings is 1. The number of hydrogen-bond donors (Lipinski definition) is 1. The van der Waals surface area contributed by atoms with E-state index in [0.29, 0.717) is 47.8 Å². The van der Waals surface area contributed by atoms with Gasteiger partial charge in [0, 0.05) is 24.7 Å². The highest BCUT2D eigenvalue weighted by molar-refractivity contribution is 6.32. The minimum absolute atomic E-state index is 0.0915. The highest BCUT2D eigenvalue weighted by Crippen LogP contribution is 2.26. The molecule has 31 heavy (non-hydrogen) atoms. The molecule has 0 bridgehead atoms. The minimum atomic E-state index is -0.415. The number of aromatic nitrogens is 2. The van der Waals surface area contributed by atoms with Crippen LogP contribution >= 0.6 is 11.6 Å². The van der Waals surface area contributed by atoms with Crippen molar-refractivity contribution in [3.63, 3.8) is 0 Å². The molecule has 3 aromatic rings. The lowest BCUT2D eigenvalue weighted by atomic mass is 9.98. The first-order chi connectivity index (χ1) is 15.0. The summed E-state index contributed by atoms with van der Waals surface area (Å²) in [6.07, 6.45) is 4.69. The number of nitrogens with two attached hydrogens (primary N) is 1. The fraction of sp³-hybridized carbons (Fsp3) is 0.318. The first-order valence-electron chi connectivity index (χ1n) is 10.1. The van der Waals surface area contributed by atoms with Crippen molar-refractivity contribution in [3.8, 4) is 11.5 Å². The van der Waals surface area contributed by atoms with E-state index >= 15 is 0 Å². The summed E-state index contributed by atoms with van der Waals surface area (Å²) in [5.74, 6) is 0.957. The van der Waals surface area contributed by atoms with Crippen LogP contribution in [0.4, 0.5) is 4.79 Å². The van der Waals surface area contributed by atoms with Gasteiger partial charge in [-0.1, -0.05) is 23.7 Å². The quantitative estimate of drug-likeness (QED) is 0.630. The van der Waals surface area contributed by atoms with Crippen LogP contribution in [0.5, 0.6) is 11.5 Å². The van der Waals surface area contributed by atoms with Gasteiger partial charge in [-0.3, -0.25) is 4.79 Å². The Morgan fingerprint density at radius 3 is 2.71 bits per heavy atom. The Hall–Kier alpha value is -3.26. The Kier molecular flexibility index (Phi) is 6.27. The molecule has 2 amide bonds. The van der Waals surface area contributed by atoms with Gasteiger partial charge < -0.3 is 24.7 Å². The van der Waals surface area contributed by atoms with Crippen molar-refractivity contribution < 1.29 is 19.1 Å². The molecule has 0 aliphatic carbocycles. The number of halogens is 1. The van der Waals surface area contributed by atoms with E-state index in [4.69, 9.17) is 26.8 Å². The zero-order valence-electron chi connectivity index (χ0n) is 16.9. The topological polar surface area (TPSA) is 99.7 Å². The van der Waals surface area contributed by atoms with Crippen molar-refractivity contribution in [2.75, 3.05) is 19.7 Å². The van der Waals surface area contributed by atoms with E-state index in [-0.39, 0.29) is 12.6 Å². The van der Waals surface area contributed by atoms with Gasteiger partial charge in [-0.15, -0.1) is 0 Å². The molecule has 9 heteroatoms. The second-order valence-corrected chi connectivity index (χ2v) is 7.94. The number of para-hydroxylation sites is 1. The van der Waals surface area contributed by atoms with Gasteiger partial charge in [0.05, 0.1) is 17.8 Å². The summed E-state index contributed by atoms with van der Waals surface area (Å²) in [5.41, 5.74) is 5.95. The third kappa shape index (κ3) is 5.08. The van der Waals surface area contributed by atoms with E-state index in [1.165, 1.54) is 0 Å². The summed E-state index contributed by atoms with van der Waals surface area (Å²) >= 11 is 6.05. The van der Waals surface area contributed by atoms with Crippen molar-refractivity contribution in [2.45, 2.75) is 19.4 Å². The third-order valence-electron chi connectivity index (χ3n) is 5.29. The van der Waals surface area contributed by atoms with E-state index in [1.54, 1.807) is 46.1 Å². The number of primary amides is 1. The van der Waals surface area contributed by atoms with Crippen LogP contribution in [-0.4, -0.2) is 46.1 Å². The van der Waals surface area contributed by atoms with Crippen LogP contribution in [0.15, 0.2) is 48.8 Å². The Morgan fingerprint density at radius 2 is 1.97 bits per heavy atom. The van der Waals surface area contributed by atoms with Crippen LogP contribution < -0.4 is 15.2 Å². The number of piperidine rings is 1. The third-order valence-corrected chi connectivity index (χ3v) is 5.61. The average Bonchev–Trinajstić information content (AvgIpc) is 3.15. The maximum atomic E-state index is 12.4. The molecule has 2 aromatic heterocycles. The van der Waals surface area contributed by atoms with E-state index in [1.807, 2.05) is 12.1 Å². The molecule has 0 saturated carbocycles. The van der Waals surface area contributed by atoms with Crippen molar-refractivity contribution in [2.24, 2.45) is 11.7 Å². The van der Waals surface area contributed by atoms with Crippen molar-refractivity contribution in [1.82, 2.24) is 14.5 Å². The minimum Gasteiger partial charge on any atom is -0.492 e. The Morgan fingerprint density at radius 1 is 1.19 bits per heavy atom. The number of nitrogens with zero attached hydrogens (tertiary/aromatic N) is 3. The van der Waals surface area contributed by atoms with E-state index in [9.17, 15) is 9.59 Å². The molecule has 3 heterocycles.